The molecule has 0 saturated heterocycles. The molecule has 1 aromatic carbocycles. The SMILES string of the molecule is CC(F)c1ccc(C2=CC3C(C2)C3c2noc(Cn3cnc4ncn(C)c4c3=O)n2)cc1. The Bertz CT molecular complexity index is 1410. The van der Waals surface area contributed by atoms with Crippen LogP contribution in [0.4, 0.5) is 4.39 Å². The van der Waals surface area contributed by atoms with Gasteiger partial charge in [-0.1, -0.05) is 35.5 Å². The van der Waals surface area contributed by atoms with E-state index in [1.165, 1.54) is 16.5 Å². The van der Waals surface area contributed by atoms with Gasteiger partial charge < -0.3 is 9.09 Å². The van der Waals surface area contributed by atoms with Crippen molar-refractivity contribution < 1.29 is 8.91 Å². The number of imidazole rings is 1. The maximum absolute atomic E-state index is 13.4. The number of hydrogen-bond donors (Lipinski definition) is 0. The molecule has 4 unspecified atom stereocenters. The van der Waals surface area contributed by atoms with E-state index >= 15 is 0 Å². The Labute approximate surface area is 182 Å². The van der Waals surface area contributed by atoms with E-state index in [9.17, 15) is 9.18 Å². The standard InChI is InChI=1S/C23H21FN6O2/c1-12(24)13-3-5-14(6-4-13)15-7-16-17(8-15)19(16)21-27-18(32-28-21)9-30-11-26-22-20(23(30)31)29(2)10-25-22/h3-7,10-12,16-17,19H,8-9H2,1-2H3. The van der Waals surface area contributed by atoms with Crippen LogP contribution < -0.4 is 5.56 Å². The van der Waals surface area contributed by atoms with Gasteiger partial charge in [-0.05, 0) is 41.9 Å². The van der Waals surface area contributed by atoms with E-state index in [1.54, 1.807) is 24.9 Å². The molecule has 1 fully saturated rings. The van der Waals surface area contributed by atoms with Gasteiger partial charge in [0.15, 0.2) is 17.0 Å². The normalized spacial score (nSPS) is 22.7. The second kappa shape index (κ2) is 6.94. The average Bonchev–Trinajstić information content (AvgIpc) is 3.21. The fourth-order valence-electron chi connectivity index (χ4n) is 4.78. The molecule has 2 aliphatic rings. The summed E-state index contributed by atoms with van der Waals surface area (Å²) in [4.78, 5) is 25.6. The quantitative estimate of drug-likeness (QED) is 0.480. The minimum atomic E-state index is -0.954. The zero-order chi connectivity index (χ0) is 22.0. The van der Waals surface area contributed by atoms with Gasteiger partial charge in [-0.15, -0.1) is 0 Å². The fourth-order valence-corrected chi connectivity index (χ4v) is 4.78. The summed E-state index contributed by atoms with van der Waals surface area (Å²) >= 11 is 0. The van der Waals surface area contributed by atoms with Crippen LogP contribution in [0.25, 0.3) is 16.7 Å². The smallest absolute Gasteiger partial charge is 0.280 e. The molecule has 3 heterocycles. The van der Waals surface area contributed by atoms with Gasteiger partial charge in [-0.3, -0.25) is 9.36 Å². The summed E-state index contributed by atoms with van der Waals surface area (Å²) in [6.45, 7) is 1.72. The molecule has 0 amide bonds. The molecule has 162 valence electrons. The molecule has 4 aromatic rings. The number of aromatic nitrogens is 6. The minimum Gasteiger partial charge on any atom is -0.337 e. The zero-order valence-corrected chi connectivity index (χ0v) is 17.6. The van der Waals surface area contributed by atoms with Crippen molar-refractivity contribution in [2.45, 2.75) is 32.0 Å². The van der Waals surface area contributed by atoms with Crippen molar-refractivity contribution in [1.82, 2.24) is 29.2 Å². The van der Waals surface area contributed by atoms with Crippen LogP contribution in [0.15, 0.2) is 52.3 Å². The van der Waals surface area contributed by atoms with Gasteiger partial charge >= 0.3 is 0 Å². The van der Waals surface area contributed by atoms with Crippen LogP contribution in [0.2, 0.25) is 0 Å². The third-order valence-electron chi connectivity index (χ3n) is 6.61. The Kier molecular flexibility index (Phi) is 4.14. The number of alkyl halides is 1. The maximum atomic E-state index is 13.4. The number of fused-ring (bicyclic) bond motifs is 2. The highest BCUT2D eigenvalue weighted by atomic mass is 19.1. The monoisotopic (exact) mass is 432 g/mol. The molecule has 8 nitrogen and oxygen atoms in total. The number of aryl methyl sites for hydroxylation is 1. The third-order valence-corrected chi connectivity index (χ3v) is 6.61. The van der Waals surface area contributed by atoms with E-state index in [4.69, 9.17) is 4.52 Å². The van der Waals surface area contributed by atoms with E-state index in [0.717, 1.165) is 12.0 Å². The second-order valence-electron chi connectivity index (χ2n) is 8.65. The van der Waals surface area contributed by atoms with Crippen molar-refractivity contribution in [1.29, 1.82) is 0 Å². The highest BCUT2D eigenvalue weighted by Gasteiger charge is 2.55. The lowest BCUT2D eigenvalue weighted by molar-refractivity contribution is 0.364. The van der Waals surface area contributed by atoms with Gasteiger partial charge in [-0.25, -0.2) is 14.4 Å². The number of hydrogen-bond acceptors (Lipinski definition) is 6. The molecular weight excluding hydrogens is 411 g/mol. The van der Waals surface area contributed by atoms with Gasteiger partial charge in [0.05, 0.1) is 6.33 Å². The summed E-state index contributed by atoms with van der Waals surface area (Å²) in [5, 5.41) is 4.17. The third kappa shape index (κ3) is 2.99. The van der Waals surface area contributed by atoms with E-state index in [2.05, 4.69) is 26.2 Å². The average molecular weight is 432 g/mol. The first-order valence-electron chi connectivity index (χ1n) is 10.6. The predicted octanol–water partition coefficient (Wildman–Crippen LogP) is 3.41. The van der Waals surface area contributed by atoms with E-state index in [1.807, 2.05) is 24.3 Å². The summed E-state index contributed by atoms with van der Waals surface area (Å²) in [5.41, 5.74) is 3.80. The molecule has 6 rings (SSSR count). The molecule has 32 heavy (non-hydrogen) atoms. The van der Waals surface area contributed by atoms with Crippen LogP contribution in [0, 0.1) is 11.8 Å². The lowest BCUT2D eigenvalue weighted by Crippen LogP contribution is -2.22. The molecule has 0 spiro atoms. The molecule has 0 N–H and O–H groups in total. The highest BCUT2D eigenvalue weighted by Crippen LogP contribution is 2.62. The Morgan fingerprint density at radius 2 is 2.00 bits per heavy atom. The second-order valence-corrected chi connectivity index (χ2v) is 8.65. The van der Waals surface area contributed by atoms with Crippen LogP contribution in [0.1, 0.15) is 48.3 Å². The topological polar surface area (TPSA) is 91.6 Å². The maximum Gasteiger partial charge on any atom is 0.280 e. The highest BCUT2D eigenvalue weighted by molar-refractivity contribution is 5.71. The van der Waals surface area contributed by atoms with Gasteiger partial charge in [-0.2, -0.15) is 4.98 Å². The van der Waals surface area contributed by atoms with Crippen molar-refractivity contribution in [2.24, 2.45) is 18.9 Å². The van der Waals surface area contributed by atoms with Gasteiger partial charge in [0.25, 0.3) is 5.56 Å². The number of benzene rings is 1. The summed E-state index contributed by atoms with van der Waals surface area (Å²) in [6, 6.07) is 7.70. The van der Waals surface area contributed by atoms with Crippen LogP contribution in [-0.4, -0.2) is 29.2 Å². The molecule has 2 aliphatic carbocycles. The molecule has 0 bridgehead atoms. The van der Waals surface area contributed by atoms with Crippen molar-refractivity contribution in [3.63, 3.8) is 0 Å². The Morgan fingerprint density at radius 3 is 2.72 bits per heavy atom. The molecule has 0 radical (unpaired) electrons. The number of nitrogens with zero attached hydrogens (tertiary/aromatic N) is 6. The Balaban J connectivity index is 1.17. The number of rotatable bonds is 5. The first-order chi connectivity index (χ1) is 15.5. The summed E-state index contributed by atoms with van der Waals surface area (Å²) in [5.74, 6) is 2.18. The largest absolute Gasteiger partial charge is 0.337 e. The number of halogens is 1. The fraction of sp³-hybridized carbons (Fsp3) is 0.348. The Hall–Kier alpha value is -3.62. The summed E-state index contributed by atoms with van der Waals surface area (Å²) in [6.07, 6.45) is 5.30. The van der Waals surface area contributed by atoms with Gasteiger partial charge in [0.1, 0.15) is 19.0 Å². The number of allylic oxidation sites excluding steroid dienone is 2. The van der Waals surface area contributed by atoms with Crippen molar-refractivity contribution >= 4 is 16.7 Å². The lowest BCUT2D eigenvalue weighted by atomic mass is 9.99. The first-order valence-corrected chi connectivity index (χ1v) is 10.6. The van der Waals surface area contributed by atoms with E-state index in [0.29, 0.717) is 40.3 Å². The molecule has 3 aromatic heterocycles. The summed E-state index contributed by atoms with van der Waals surface area (Å²) < 4.78 is 22.0. The first kappa shape index (κ1) is 19.1. The minimum absolute atomic E-state index is 0.169. The van der Waals surface area contributed by atoms with Crippen molar-refractivity contribution in [3.05, 3.63) is 76.2 Å². The predicted molar refractivity (Wildman–Crippen MR) is 114 cm³/mol. The van der Waals surface area contributed by atoms with Gasteiger partial charge in [0, 0.05) is 13.0 Å². The van der Waals surface area contributed by atoms with Crippen LogP contribution in [-0.2, 0) is 13.6 Å². The van der Waals surface area contributed by atoms with Crippen LogP contribution in [0.3, 0.4) is 0 Å². The lowest BCUT2D eigenvalue weighted by Gasteiger charge is -2.08. The molecule has 4 atom stereocenters. The molecule has 0 aliphatic heterocycles. The van der Waals surface area contributed by atoms with Crippen LogP contribution in [0.5, 0.6) is 0 Å². The Morgan fingerprint density at radius 1 is 1.22 bits per heavy atom. The molecular formula is C23H21FN6O2. The van der Waals surface area contributed by atoms with Crippen LogP contribution >= 0.6 is 0 Å². The summed E-state index contributed by atoms with van der Waals surface area (Å²) in [7, 11) is 1.76. The van der Waals surface area contributed by atoms with E-state index in [-0.39, 0.29) is 18.0 Å². The van der Waals surface area contributed by atoms with Crippen molar-refractivity contribution in [3.8, 4) is 0 Å². The van der Waals surface area contributed by atoms with E-state index < -0.39 is 6.17 Å². The molecule has 1 saturated carbocycles. The molecule has 9 heteroatoms. The zero-order valence-electron chi connectivity index (χ0n) is 17.6. The van der Waals surface area contributed by atoms with Crippen molar-refractivity contribution in [2.75, 3.05) is 0 Å². The van der Waals surface area contributed by atoms with Gasteiger partial charge in [0.2, 0.25) is 5.89 Å².